The molecule has 1 aliphatic heterocycles. The Bertz CT molecular complexity index is 1770. The number of rotatable bonds is 12. The summed E-state index contributed by atoms with van der Waals surface area (Å²) in [5, 5.41) is 2.94. The van der Waals surface area contributed by atoms with Crippen LogP contribution in [0.15, 0.2) is 85.2 Å². The number of carbonyl (C=O) groups is 4. The number of methoxy groups -OCH3 is 3. The van der Waals surface area contributed by atoms with Gasteiger partial charge in [0.15, 0.2) is 11.5 Å². The Morgan fingerprint density at radius 3 is 2.17 bits per heavy atom. The number of hydrogen-bond acceptors (Lipinski definition) is 9. The smallest absolute Gasteiger partial charge is 0.299 e. The number of ether oxygens (including phenoxy) is 3. The van der Waals surface area contributed by atoms with Crippen molar-refractivity contribution in [3.05, 3.63) is 102 Å². The van der Waals surface area contributed by atoms with E-state index in [9.17, 15) is 19.2 Å². The summed E-state index contributed by atoms with van der Waals surface area (Å²) in [7, 11) is 8.19. The monoisotopic (exact) mass is 637 g/mol. The molecule has 12 nitrogen and oxygen atoms in total. The van der Waals surface area contributed by atoms with Crippen LogP contribution in [0.25, 0.3) is 0 Å². The highest BCUT2D eigenvalue weighted by Gasteiger charge is 2.40. The third kappa shape index (κ3) is 6.71. The van der Waals surface area contributed by atoms with Crippen molar-refractivity contribution in [1.82, 2.24) is 9.88 Å². The molecule has 3 amide bonds. The average molecular weight is 638 g/mol. The largest absolute Gasteiger partial charge is 0.493 e. The average Bonchev–Trinajstić information content (AvgIpc) is 3.32. The lowest BCUT2D eigenvalue weighted by Gasteiger charge is -2.33. The molecule has 0 saturated carbocycles. The molecule has 0 saturated heterocycles. The van der Waals surface area contributed by atoms with Gasteiger partial charge in [0, 0.05) is 44.4 Å². The standard InChI is InChI=1S/C35H35N5O7/c1-38(2)25-14-12-24(13-15-25)37-34(43)31(23-17-28(45-3)33(47-5)29(18-23)46-4)40(20-22-9-8-16-36-19-22)30(41)21-39-27-11-7-6-10-26(27)32(42)35(39)44/h6-19,31H,20-21H2,1-5H3,(H,37,43)/t31-/m1/s1. The van der Waals surface area contributed by atoms with Crippen molar-refractivity contribution in [3.63, 3.8) is 0 Å². The summed E-state index contributed by atoms with van der Waals surface area (Å²) < 4.78 is 16.7. The molecule has 1 atom stereocenters. The van der Waals surface area contributed by atoms with E-state index in [4.69, 9.17) is 14.2 Å². The Labute approximate surface area is 272 Å². The summed E-state index contributed by atoms with van der Waals surface area (Å²) in [6, 6.07) is 19.2. The van der Waals surface area contributed by atoms with Gasteiger partial charge in [0.2, 0.25) is 11.7 Å². The maximum Gasteiger partial charge on any atom is 0.299 e. The summed E-state index contributed by atoms with van der Waals surface area (Å²) in [5.74, 6) is -1.80. The van der Waals surface area contributed by atoms with Gasteiger partial charge in [0.05, 0.1) is 32.6 Å². The van der Waals surface area contributed by atoms with Crippen LogP contribution in [0.4, 0.5) is 17.1 Å². The number of nitrogens with one attached hydrogen (secondary N) is 1. The topological polar surface area (TPSA) is 131 Å². The summed E-state index contributed by atoms with van der Waals surface area (Å²) in [6.45, 7) is -0.549. The van der Waals surface area contributed by atoms with Crippen molar-refractivity contribution in [2.75, 3.05) is 57.1 Å². The van der Waals surface area contributed by atoms with E-state index in [-0.39, 0.29) is 23.6 Å². The first-order valence-electron chi connectivity index (χ1n) is 14.7. The lowest BCUT2D eigenvalue weighted by molar-refractivity contribution is -0.139. The maximum absolute atomic E-state index is 14.4. The van der Waals surface area contributed by atoms with E-state index < -0.39 is 36.1 Å². The first-order valence-corrected chi connectivity index (χ1v) is 14.7. The molecule has 12 heteroatoms. The second-order valence-corrected chi connectivity index (χ2v) is 10.9. The van der Waals surface area contributed by atoms with E-state index in [2.05, 4.69) is 10.3 Å². The number of pyridine rings is 1. The van der Waals surface area contributed by atoms with Crippen LogP contribution in [0.3, 0.4) is 0 Å². The summed E-state index contributed by atoms with van der Waals surface area (Å²) in [6.07, 6.45) is 3.19. The number of para-hydroxylation sites is 1. The van der Waals surface area contributed by atoms with Gasteiger partial charge >= 0.3 is 0 Å². The molecular formula is C35H35N5O7. The van der Waals surface area contributed by atoms with Crippen LogP contribution >= 0.6 is 0 Å². The first-order chi connectivity index (χ1) is 22.7. The Hall–Kier alpha value is -5.91. The minimum absolute atomic E-state index is 0.0569. The number of amides is 3. The molecular weight excluding hydrogens is 602 g/mol. The molecule has 0 fully saturated rings. The van der Waals surface area contributed by atoms with Crippen molar-refractivity contribution in [1.29, 1.82) is 0 Å². The molecule has 242 valence electrons. The summed E-state index contributed by atoms with van der Waals surface area (Å²) in [4.78, 5) is 63.2. The third-order valence-corrected chi connectivity index (χ3v) is 7.78. The summed E-state index contributed by atoms with van der Waals surface area (Å²) >= 11 is 0. The highest BCUT2D eigenvalue weighted by atomic mass is 16.5. The molecule has 5 rings (SSSR count). The number of anilines is 3. The lowest BCUT2D eigenvalue weighted by Crippen LogP contribution is -2.46. The van der Waals surface area contributed by atoms with Crippen molar-refractivity contribution < 1.29 is 33.4 Å². The van der Waals surface area contributed by atoms with Crippen LogP contribution in [0.1, 0.15) is 27.5 Å². The number of fused-ring (bicyclic) bond motifs is 1. The van der Waals surface area contributed by atoms with Crippen molar-refractivity contribution in [3.8, 4) is 17.2 Å². The predicted octanol–water partition coefficient (Wildman–Crippen LogP) is 4.11. The number of hydrogen-bond donors (Lipinski definition) is 1. The van der Waals surface area contributed by atoms with Gasteiger partial charge in [-0.1, -0.05) is 18.2 Å². The molecule has 2 heterocycles. The van der Waals surface area contributed by atoms with Crippen molar-refractivity contribution >= 4 is 40.6 Å². The minimum Gasteiger partial charge on any atom is -0.493 e. The number of nitrogens with zero attached hydrogens (tertiary/aromatic N) is 4. The van der Waals surface area contributed by atoms with Gasteiger partial charge in [-0.3, -0.25) is 29.1 Å². The normalized spacial score (nSPS) is 12.7. The molecule has 1 N–H and O–H groups in total. The molecule has 0 aliphatic carbocycles. The van der Waals surface area contributed by atoms with Gasteiger partial charge in [-0.2, -0.15) is 0 Å². The van der Waals surface area contributed by atoms with E-state index in [0.717, 1.165) is 10.6 Å². The van der Waals surface area contributed by atoms with Gasteiger partial charge in [0.25, 0.3) is 17.6 Å². The number of Topliss-reactive ketones (excluding diaryl/α,β-unsaturated/α-hetero) is 1. The number of aromatic nitrogens is 1. The molecule has 1 aromatic heterocycles. The number of carbonyl (C=O) groups excluding carboxylic acids is 4. The second-order valence-electron chi connectivity index (χ2n) is 10.9. The van der Waals surface area contributed by atoms with Crippen molar-refractivity contribution in [2.24, 2.45) is 0 Å². The molecule has 47 heavy (non-hydrogen) atoms. The molecule has 4 aromatic rings. The Kier molecular flexibility index (Phi) is 9.69. The molecule has 0 bridgehead atoms. The number of ketones is 1. The van der Waals surface area contributed by atoms with E-state index >= 15 is 0 Å². The Balaban J connectivity index is 1.62. The van der Waals surface area contributed by atoms with Crippen LogP contribution in [0.2, 0.25) is 0 Å². The highest BCUT2D eigenvalue weighted by molar-refractivity contribution is 6.52. The zero-order valence-electron chi connectivity index (χ0n) is 26.7. The van der Waals surface area contributed by atoms with E-state index in [1.165, 1.54) is 26.2 Å². The highest BCUT2D eigenvalue weighted by Crippen LogP contribution is 2.41. The Morgan fingerprint density at radius 1 is 0.894 bits per heavy atom. The predicted molar refractivity (Wildman–Crippen MR) is 176 cm³/mol. The summed E-state index contributed by atoms with van der Waals surface area (Å²) in [5.41, 5.74) is 2.95. The second kappa shape index (κ2) is 14.0. The van der Waals surface area contributed by atoms with Gasteiger partial charge < -0.3 is 29.3 Å². The zero-order chi connectivity index (χ0) is 33.7. The fourth-order valence-electron chi connectivity index (χ4n) is 5.43. The van der Waals surface area contributed by atoms with Crippen LogP contribution in [0, 0.1) is 0 Å². The van der Waals surface area contributed by atoms with Gasteiger partial charge in [-0.15, -0.1) is 0 Å². The third-order valence-electron chi connectivity index (χ3n) is 7.78. The molecule has 0 unspecified atom stereocenters. The van der Waals surface area contributed by atoms with Crippen LogP contribution in [-0.2, 0) is 20.9 Å². The molecule has 0 spiro atoms. The van der Waals surface area contributed by atoms with E-state index in [1.54, 1.807) is 73.1 Å². The molecule has 0 radical (unpaired) electrons. The van der Waals surface area contributed by atoms with Gasteiger partial charge in [-0.25, -0.2) is 0 Å². The quantitative estimate of drug-likeness (QED) is 0.228. The molecule has 3 aromatic carbocycles. The first kappa shape index (κ1) is 32.5. The van der Waals surface area contributed by atoms with E-state index in [0.29, 0.717) is 28.3 Å². The minimum atomic E-state index is -1.27. The van der Waals surface area contributed by atoms with E-state index in [1.807, 2.05) is 31.1 Å². The van der Waals surface area contributed by atoms with Crippen molar-refractivity contribution in [2.45, 2.75) is 12.6 Å². The van der Waals surface area contributed by atoms with Gasteiger partial charge in [-0.05, 0) is 65.7 Å². The van der Waals surface area contributed by atoms with Crippen LogP contribution < -0.4 is 29.3 Å². The fraction of sp³-hybridized carbons (Fsp3) is 0.229. The SMILES string of the molecule is COc1cc([C@H](C(=O)Nc2ccc(N(C)C)cc2)N(Cc2cccnc2)C(=O)CN2C(=O)C(=O)c3ccccc32)cc(OC)c1OC. The Morgan fingerprint density at radius 2 is 1.57 bits per heavy atom. The van der Waals surface area contributed by atoms with Crippen LogP contribution in [0.5, 0.6) is 17.2 Å². The fourth-order valence-corrected chi connectivity index (χ4v) is 5.43. The maximum atomic E-state index is 14.4. The molecule has 1 aliphatic rings. The lowest BCUT2D eigenvalue weighted by atomic mass is 10.0. The van der Waals surface area contributed by atoms with Gasteiger partial charge in [0.1, 0.15) is 12.6 Å². The number of benzene rings is 3. The van der Waals surface area contributed by atoms with Crippen LogP contribution in [-0.4, -0.2) is 75.4 Å². The zero-order valence-corrected chi connectivity index (χ0v) is 26.7.